The maximum atomic E-state index is 5.34. The summed E-state index contributed by atoms with van der Waals surface area (Å²) in [6.45, 7) is 5.43. The van der Waals surface area contributed by atoms with Crippen molar-refractivity contribution >= 4 is 5.95 Å². The van der Waals surface area contributed by atoms with Crippen LogP contribution in [0.4, 0.5) is 5.95 Å². The summed E-state index contributed by atoms with van der Waals surface area (Å²) in [7, 11) is 2.97. The van der Waals surface area contributed by atoms with E-state index in [9.17, 15) is 0 Å². The van der Waals surface area contributed by atoms with Gasteiger partial charge in [0.25, 0.3) is 0 Å². The van der Waals surface area contributed by atoms with E-state index in [1.807, 2.05) is 6.08 Å². The minimum Gasteiger partial charge on any atom is -0.467 e. The van der Waals surface area contributed by atoms with Gasteiger partial charge in [-0.3, -0.25) is 0 Å². The van der Waals surface area contributed by atoms with Gasteiger partial charge in [0.05, 0.1) is 27.4 Å². The van der Waals surface area contributed by atoms with Crippen LogP contribution < -0.4 is 14.8 Å². The molecule has 1 aromatic heterocycles. The van der Waals surface area contributed by atoms with Crippen molar-refractivity contribution in [2.75, 3.05) is 39.3 Å². The Morgan fingerprint density at radius 1 is 1.11 bits per heavy atom. The summed E-state index contributed by atoms with van der Waals surface area (Å²) >= 11 is 0. The molecule has 100 valence electrons. The topological polar surface area (TPSA) is 78.4 Å². The Labute approximate surface area is 106 Å². The Balaban J connectivity index is 2.38. The number of ether oxygens (including phenoxy) is 3. The van der Waals surface area contributed by atoms with E-state index in [1.165, 1.54) is 14.2 Å². The summed E-state index contributed by atoms with van der Waals surface area (Å²) < 4.78 is 15.2. The quantitative estimate of drug-likeness (QED) is 0.518. The van der Waals surface area contributed by atoms with Gasteiger partial charge in [0.1, 0.15) is 0 Å². The van der Waals surface area contributed by atoms with E-state index in [2.05, 4.69) is 26.8 Å². The first-order valence-electron chi connectivity index (χ1n) is 5.56. The van der Waals surface area contributed by atoms with Crippen LogP contribution >= 0.6 is 0 Å². The van der Waals surface area contributed by atoms with Crippen LogP contribution in [0.2, 0.25) is 0 Å². The predicted octanol–water partition coefficient (Wildman–Crippen LogP) is 0.893. The molecule has 0 aromatic carbocycles. The van der Waals surface area contributed by atoms with Crippen LogP contribution in [0.1, 0.15) is 6.42 Å². The molecule has 0 saturated heterocycles. The molecule has 1 rings (SSSR count). The van der Waals surface area contributed by atoms with Crippen molar-refractivity contribution < 1.29 is 14.2 Å². The van der Waals surface area contributed by atoms with Crippen molar-refractivity contribution in [3.8, 4) is 12.0 Å². The molecule has 1 heterocycles. The lowest BCUT2D eigenvalue weighted by molar-refractivity contribution is 0.148. The Bertz CT molecular complexity index is 351. The average Bonchev–Trinajstić information content (AvgIpc) is 2.42. The highest BCUT2D eigenvalue weighted by Gasteiger charge is 2.05. The molecule has 18 heavy (non-hydrogen) atoms. The van der Waals surface area contributed by atoms with E-state index in [1.54, 1.807) is 0 Å². The number of hydrogen-bond acceptors (Lipinski definition) is 7. The molecular formula is C11H18N4O3. The third-order valence-electron chi connectivity index (χ3n) is 1.96. The first-order valence-corrected chi connectivity index (χ1v) is 5.56. The highest BCUT2D eigenvalue weighted by molar-refractivity contribution is 5.27. The molecule has 7 heteroatoms. The van der Waals surface area contributed by atoms with Crippen LogP contribution in [-0.4, -0.2) is 48.9 Å². The number of aromatic nitrogens is 3. The van der Waals surface area contributed by atoms with Crippen LogP contribution in [0.15, 0.2) is 12.7 Å². The highest BCUT2D eigenvalue weighted by Crippen LogP contribution is 2.11. The first kappa shape index (κ1) is 14.2. The maximum absolute atomic E-state index is 5.34. The van der Waals surface area contributed by atoms with E-state index in [4.69, 9.17) is 14.2 Å². The highest BCUT2D eigenvalue weighted by atomic mass is 16.5. The lowest BCUT2D eigenvalue weighted by atomic mass is 10.4. The van der Waals surface area contributed by atoms with Gasteiger partial charge < -0.3 is 19.5 Å². The molecule has 0 aliphatic carbocycles. The fourth-order valence-corrected chi connectivity index (χ4v) is 1.10. The lowest BCUT2D eigenvalue weighted by Crippen LogP contribution is -2.13. The van der Waals surface area contributed by atoms with Crippen molar-refractivity contribution in [1.82, 2.24) is 15.0 Å². The Morgan fingerprint density at radius 2 is 1.78 bits per heavy atom. The minimum absolute atomic E-state index is 0.205. The molecule has 0 atom stereocenters. The van der Waals surface area contributed by atoms with Crippen LogP contribution in [0, 0.1) is 0 Å². The molecular weight excluding hydrogens is 236 g/mol. The zero-order valence-corrected chi connectivity index (χ0v) is 10.7. The van der Waals surface area contributed by atoms with E-state index in [-0.39, 0.29) is 12.0 Å². The Kier molecular flexibility index (Phi) is 6.49. The number of hydrogen-bond donors (Lipinski definition) is 1. The zero-order chi connectivity index (χ0) is 13.2. The summed E-state index contributed by atoms with van der Waals surface area (Å²) in [4.78, 5) is 11.9. The summed E-state index contributed by atoms with van der Waals surface area (Å²) in [6.07, 6.45) is 2.66. The van der Waals surface area contributed by atoms with Gasteiger partial charge in [-0.15, -0.1) is 11.6 Å². The molecule has 0 saturated carbocycles. The van der Waals surface area contributed by atoms with Crippen molar-refractivity contribution in [3.05, 3.63) is 12.7 Å². The van der Waals surface area contributed by atoms with Crippen molar-refractivity contribution in [2.45, 2.75) is 6.42 Å². The second kappa shape index (κ2) is 8.24. The molecule has 0 unspecified atom stereocenters. The lowest BCUT2D eigenvalue weighted by Gasteiger charge is -2.07. The average molecular weight is 254 g/mol. The molecule has 0 radical (unpaired) electrons. The molecule has 0 amide bonds. The van der Waals surface area contributed by atoms with Crippen LogP contribution in [0.25, 0.3) is 0 Å². The largest absolute Gasteiger partial charge is 0.467 e. The van der Waals surface area contributed by atoms with E-state index >= 15 is 0 Å². The van der Waals surface area contributed by atoms with Crippen LogP contribution in [0.3, 0.4) is 0 Å². The number of nitrogens with zero attached hydrogens (tertiary/aromatic N) is 3. The standard InChI is InChI=1S/C11H18N4O3/c1-4-5-7-18-8-6-12-9-13-10(16-2)15-11(14-9)17-3/h4H,1,5-8H2,2-3H3,(H,12,13,14,15). The van der Waals surface area contributed by atoms with Gasteiger partial charge in [-0.05, 0) is 6.42 Å². The van der Waals surface area contributed by atoms with E-state index in [0.717, 1.165) is 6.42 Å². The first-order chi connectivity index (χ1) is 8.80. The summed E-state index contributed by atoms with van der Waals surface area (Å²) in [5, 5.41) is 3.00. The van der Waals surface area contributed by atoms with Gasteiger partial charge in [-0.25, -0.2) is 0 Å². The smallest absolute Gasteiger partial charge is 0.324 e. The van der Waals surface area contributed by atoms with Gasteiger partial charge in [-0.1, -0.05) is 6.08 Å². The minimum atomic E-state index is 0.205. The van der Waals surface area contributed by atoms with Gasteiger partial charge in [0, 0.05) is 6.54 Å². The molecule has 0 spiro atoms. The number of nitrogens with one attached hydrogen (secondary N) is 1. The van der Waals surface area contributed by atoms with Gasteiger partial charge in [-0.2, -0.15) is 9.97 Å². The van der Waals surface area contributed by atoms with Crippen molar-refractivity contribution in [1.29, 1.82) is 0 Å². The van der Waals surface area contributed by atoms with Crippen LogP contribution in [-0.2, 0) is 4.74 Å². The molecule has 7 nitrogen and oxygen atoms in total. The fraction of sp³-hybridized carbons (Fsp3) is 0.545. The third kappa shape index (κ3) is 4.96. The normalized spacial score (nSPS) is 9.89. The molecule has 0 fully saturated rings. The summed E-state index contributed by atoms with van der Waals surface area (Å²) in [5.41, 5.74) is 0. The second-order valence-electron chi connectivity index (χ2n) is 3.25. The zero-order valence-electron chi connectivity index (χ0n) is 10.7. The molecule has 1 N–H and O–H groups in total. The van der Waals surface area contributed by atoms with Gasteiger partial charge >= 0.3 is 12.0 Å². The SMILES string of the molecule is C=CCCOCCNc1nc(OC)nc(OC)n1. The van der Waals surface area contributed by atoms with Crippen LogP contribution in [0.5, 0.6) is 12.0 Å². The number of rotatable bonds is 9. The summed E-state index contributed by atoms with van der Waals surface area (Å²) in [6, 6.07) is 0.411. The van der Waals surface area contributed by atoms with Gasteiger partial charge in [0.15, 0.2) is 0 Å². The number of methoxy groups -OCH3 is 2. The monoisotopic (exact) mass is 254 g/mol. The second-order valence-corrected chi connectivity index (χ2v) is 3.25. The predicted molar refractivity (Wildman–Crippen MR) is 67.1 cm³/mol. The Morgan fingerprint density at radius 3 is 2.33 bits per heavy atom. The Hall–Kier alpha value is -1.89. The third-order valence-corrected chi connectivity index (χ3v) is 1.96. The van der Waals surface area contributed by atoms with Crippen molar-refractivity contribution in [2.24, 2.45) is 0 Å². The maximum Gasteiger partial charge on any atom is 0.324 e. The molecule has 0 bridgehead atoms. The van der Waals surface area contributed by atoms with E-state index in [0.29, 0.717) is 25.7 Å². The molecule has 1 aromatic rings. The van der Waals surface area contributed by atoms with Gasteiger partial charge in [0.2, 0.25) is 5.95 Å². The molecule has 0 aliphatic heterocycles. The van der Waals surface area contributed by atoms with Crippen molar-refractivity contribution in [3.63, 3.8) is 0 Å². The fourth-order valence-electron chi connectivity index (χ4n) is 1.10. The van der Waals surface area contributed by atoms with E-state index < -0.39 is 0 Å². The summed E-state index contributed by atoms with van der Waals surface area (Å²) in [5.74, 6) is 0.394. The molecule has 0 aliphatic rings. The number of anilines is 1.